The summed E-state index contributed by atoms with van der Waals surface area (Å²) in [7, 11) is 0. The molecule has 1 aromatic carbocycles. The maximum absolute atomic E-state index is 13.4. The Bertz CT molecular complexity index is 483. The molecule has 2 aromatic rings. The first-order valence-corrected chi connectivity index (χ1v) is 4.77. The SMILES string of the molecule is CC(C)(F)Cn1nc(F)c2ccccc21. The monoisotopic (exact) mass is 210 g/mol. The van der Waals surface area contributed by atoms with E-state index >= 15 is 0 Å². The molecular weight excluding hydrogens is 198 g/mol. The molecule has 1 aromatic heterocycles. The average molecular weight is 210 g/mol. The quantitative estimate of drug-likeness (QED) is 0.745. The van der Waals surface area contributed by atoms with E-state index in [0.717, 1.165) is 0 Å². The Balaban J connectivity index is 2.53. The third kappa shape index (κ3) is 1.98. The molecule has 80 valence electrons. The van der Waals surface area contributed by atoms with Crippen LogP contribution < -0.4 is 0 Å². The zero-order valence-electron chi connectivity index (χ0n) is 8.67. The molecule has 2 rings (SSSR count). The highest BCUT2D eigenvalue weighted by molar-refractivity contribution is 5.79. The minimum atomic E-state index is -1.40. The molecule has 0 amide bonds. The van der Waals surface area contributed by atoms with Crippen LogP contribution in [-0.2, 0) is 6.54 Å². The lowest BCUT2D eigenvalue weighted by Gasteiger charge is -2.14. The molecule has 2 nitrogen and oxygen atoms in total. The van der Waals surface area contributed by atoms with Gasteiger partial charge in [0.15, 0.2) is 0 Å². The molecular formula is C11H12F2N2. The van der Waals surface area contributed by atoms with Crippen molar-refractivity contribution in [3.05, 3.63) is 30.2 Å². The van der Waals surface area contributed by atoms with Crippen LogP contribution in [0.25, 0.3) is 10.9 Å². The first-order valence-electron chi connectivity index (χ1n) is 4.77. The summed E-state index contributed by atoms with van der Waals surface area (Å²) in [5.41, 5.74) is -0.776. The van der Waals surface area contributed by atoms with Crippen molar-refractivity contribution in [1.82, 2.24) is 9.78 Å². The predicted octanol–water partition coefficient (Wildman–Crippen LogP) is 2.92. The zero-order valence-corrected chi connectivity index (χ0v) is 8.67. The van der Waals surface area contributed by atoms with E-state index in [1.54, 1.807) is 24.3 Å². The van der Waals surface area contributed by atoms with Crippen molar-refractivity contribution in [3.8, 4) is 0 Å². The van der Waals surface area contributed by atoms with Crippen molar-refractivity contribution in [2.45, 2.75) is 26.1 Å². The van der Waals surface area contributed by atoms with Gasteiger partial charge in [-0.3, -0.25) is 4.68 Å². The van der Waals surface area contributed by atoms with E-state index in [1.807, 2.05) is 0 Å². The second kappa shape index (κ2) is 3.29. The van der Waals surface area contributed by atoms with Gasteiger partial charge >= 0.3 is 0 Å². The molecule has 0 aliphatic rings. The molecule has 0 spiro atoms. The maximum atomic E-state index is 13.4. The number of alkyl halides is 1. The van der Waals surface area contributed by atoms with Crippen LogP contribution in [0.15, 0.2) is 24.3 Å². The Morgan fingerprint density at radius 2 is 2.00 bits per heavy atom. The molecule has 0 saturated carbocycles. The summed E-state index contributed by atoms with van der Waals surface area (Å²) in [6.07, 6.45) is 0. The van der Waals surface area contributed by atoms with E-state index in [9.17, 15) is 8.78 Å². The molecule has 0 N–H and O–H groups in total. The smallest absolute Gasteiger partial charge is 0.240 e. The van der Waals surface area contributed by atoms with Crippen LogP contribution in [0, 0.1) is 5.95 Å². The molecule has 0 bridgehead atoms. The minimum absolute atomic E-state index is 0.0530. The number of rotatable bonds is 2. The van der Waals surface area contributed by atoms with E-state index in [0.29, 0.717) is 10.9 Å². The number of hydrogen-bond donors (Lipinski definition) is 0. The number of aromatic nitrogens is 2. The third-order valence-corrected chi connectivity index (χ3v) is 2.14. The number of benzene rings is 1. The lowest BCUT2D eigenvalue weighted by atomic mass is 10.2. The standard InChI is InChI=1S/C11H12F2N2/c1-11(2,13)7-15-9-6-4-3-5-8(9)10(12)14-15/h3-6H,7H2,1-2H3. The Hall–Kier alpha value is -1.45. The van der Waals surface area contributed by atoms with Crippen molar-refractivity contribution >= 4 is 10.9 Å². The largest absolute Gasteiger partial charge is 0.259 e. The number of para-hydroxylation sites is 1. The second-order valence-electron chi connectivity index (χ2n) is 4.18. The molecule has 1 heterocycles. The Morgan fingerprint density at radius 3 is 2.67 bits per heavy atom. The van der Waals surface area contributed by atoms with Gasteiger partial charge in [0.2, 0.25) is 5.95 Å². The van der Waals surface area contributed by atoms with E-state index in [1.165, 1.54) is 18.5 Å². The highest BCUT2D eigenvalue weighted by Gasteiger charge is 2.19. The summed E-state index contributed by atoms with van der Waals surface area (Å²) in [5.74, 6) is -0.546. The van der Waals surface area contributed by atoms with Gasteiger partial charge in [-0.25, -0.2) is 4.39 Å². The van der Waals surface area contributed by atoms with Gasteiger partial charge < -0.3 is 0 Å². The van der Waals surface area contributed by atoms with Crippen LogP contribution in [0.3, 0.4) is 0 Å². The van der Waals surface area contributed by atoms with Crippen molar-refractivity contribution in [3.63, 3.8) is 0 Å². The molecule has 4 heteroatoms. The maximum Gasteiger partial charge on any atom is 0.240 e. The summed E-state index contributed by atoms with van der Waals surface area (Å²) >= 11 is 0. The molecule has 0 saturated heterocycles. The number of halogens is 2. The lowest BCUT2D eigenvalue weighted by molar-refractivity contribution is 0.180. The average Bonchev–Trinajstić information content (AvgIpc) is 2.42. The molecule has 0 aliphatic heterocycles. The molecule has 0 fully saturated rings. The fraction of sp³-hybridized carbons (Fsp3) is 0.364. The summed E-state index contributed by atoms with van der Waals surface area (Å²) in [6.45, 7) is 2.94. The number of nitrogens with zero attached hydrogens (tertiary/aromatic N) is 2. The van der Waals surface area contributed by atoms with Crippen LogP contribution in [0.5, 0.6) is 0 Å². The zero-order chi connectivity index (χ0) is 11.1. The van der Waals surface area contributed by atoms with E-state index in [-0.39, 0.29) is 6.54 Å². The van der Waals surface area contributed by atoms with Gasteiger partial charge in [0.25, 0.3) is 0 Å². The fourth-order valence-electron chi connectivity index (χ4n) is 1.56. The molecule has 0 unspecified atom stereocenters. The number of fused-ring (bicyclic) bond motifs is 1. The third-order valence-electron chi connectivity index (χ3n) is 2.14. The van der Waals surface area contributed by atoms with Crippen molar-refractivity contribution in [1.29, 1.82) is 0 Å². The molecule has 0 radical (unpaired) electrons. The first kappa shape index (κ1) is 10.1. The van der Waals surface area contributed by atoms with Crippen LogP contribution in [0.1, 0.15) is 13.8 Å². The Morgan fingerprint density at radius 1 is 1.33 bits per heavy atom. The Labute approximate surface area is 86.5 Å². The Kier molecular flexibility index (Phi) is 2.21. The van der Waals surface area contributed by atoms with Crippen LogP contribution >= 0.6 is 0 Å². The van der Waals surface area contributed by atoms with Gasteiger partial charge in [0.05, 0.1) is 17.4 Å². The molecule has 0 aliphatic carbocycles. The number of hydrogen-bond acceptors (Lipinski definition) is 1. The van der Waals surface area contributed by atoms with Crippen molar-refractivity contribution in [2.24, 2.45) is 0 Å². The van der Waals surface area contributed by atoms with Crippen molar-refractivity contribution in [2.75, 3.05) is 0 Å². The summed E-state index contributed by atoms with van der Waals surface area (Å²) < 4.78 is 28.1. The van der Waals surface area contributed by atoms with Gasteiger partial charge in [-0.05, 0) is 26.0 Å². The second-order valence-corrected chi connectivity index (χ2v) is 4.18. The van der Waals surface area contributed by atoms with Gasteiger partial charge in [-0.15, -0.1) is 5.10 Å². The van der Waals surface area contributed by atoms with Crippen LogP contribution in [0.4, 0.5) is 8.78 Å². The van der Waals surface area contributed by atoms with Crippen LogP contribution in [0.2, 0.25) is 0 Å². The van der Waals surface area contributed by atoms with Gasteiger partial charge in [0, 0.05) is 0 Å². The highest BCUT2D eigenvalue weighted by atomic mass is 19.1. The topological polar surface area (TPSA) is 17.8 Å². The van der Waals surface area contributed by atoms with E-state index < -0.39 is 11.6 Å². The lowest BCUT2D eigenvalue weighted by Crippen LogP contribution is -2.21. The van der Waals surface area contributed by atoms with E-state index in [2.05, 4.69) is 5.10 Å². The van der Waals surface area contributed by atoms with E-state index in [4.69, 9.17) is 0 Å². The molecule has 0 atom stereocenters. The predicted molar refractivity (Wildman–Crippen MR) is 54.9 cm³/mol. The van der Waals surface area contributed by atoms with Gasteiger partial charge in [0.1, 0.15) is 5.67 Å². The summed E-state index contributed by atoms with van der Waals surface area (Å²) in [4.78, 5) is 0. The normalized spacial score (nSPS) is 12.3. The minimum Gasteiger partial charge on any atom is -0.259 e. The van der Waals surface area contributed by atoms with Crippen molar-refractivity contribution < 1.29 is 8.78 Å². The van der Waals surface area contributed by atoms with Crippen LogP contribution in [-0.4, -0.2) is 15.4 Å². The van der Waals surface area contributed by atoms with Gasteiger partial charge in [-0.2, -0.15) is 4.39 Å². The molecule has 15 heavy (non-hydrogen) atoms. The highest BCUT2D eigenvalue weighted by Crippen LogP contribution is 2.20. The summed E-state index contributed by atoms with van der Waals surface area (Å²) in [5, 5.41) is 4.12. The van der Waals surface area contributed by atoms with Gasteiger partial charge in [-0.1, -0.05) is 12.1 Å². The first-order chi connectivity index (χ1) is 6.97. The summed E-state index contributed by atoms with van der Waals surface area (Å²) in [6, 6.07) is 6.89. The fourth-order valence-corrected chi connectivity index (χ4v) is 1.56.